The van der Waals surface area contributed by atoms with E-state index in [4.69, 9.17) is 0 Å². The minimum Gasteiger partial charge on any atom is -0.478 e. The first-order chi connectivity index (χ1) is 10.9. The van der Waals surface area contributed by atoms with Gasteiger partial charge in [0.15, 0.2) is 0 Å². The molecular weight excluding hydrogens is 316 g/mol. The number of anilines is 1. The SMILES string of the molecule is CNS(=O)(=O)c1ccc(NCCC2=CCCCC2)c(C(=O)O)c1. The molecule has 126 valence electrons. The third kappa shape index (κ3) is 4.56. The van der Waals surface area contributed by atoms with Gasteiger partial charge in [0.25, 0.3) is 0 Å². The van der Waals surface area contributed by atoms with Crippen LogP contribution in [0.25, 0.3) is 0 Å². The van der Waals surface area contributed by atoms with Crippen molar-refractivity contribution in [1.29, 1.82) is 0 Å². The Kier molecular flexibility index (Phi) is 5.79. The van der Waals surface area contributed by atoms with Crippen LogP contribution in [0, 0.1) is 0 Å². The van der Waals surface area contributed by atoms with Gasteiger partial charge in [-0.2, -0.15) is 0 Å². The van der Waals surface area contributed by atoms with Gasteiger partial charge in [-0.05, 0) is 57.4 Å². The molecule has 0 heterocycles. The molecule has 0 atom stereocenters. The Bertz CT molecular complexity index is 711. The zero-order chi connectivity index (χ0) is 16.9. The third-order valence-electron chi connectivity index (χ3n) is 3.95. The number of sulfonamides is 1. The Morgan fingerprint density at radius 1 is 1.30 bits per heavy atom. The summed E-state index contributed by atoms with van der Waals surface area (Å²) in [6.07, 6.45) is 7.80. The van der Waals surface area contributed by atoms with Crippen LogP contribution in [-0.4, -0.2) is 33.1 Å². The second-order valence-corrected chi connectivity index (χ2v) is 7.39. The normalized spacial score (nSPS) is 15.1. The van der Waals surface area contributed by atoms with Crippen LogP contribution in [0.1, 0.15) is 42.5 Å². The Labute approximate surface area is 136 Å². The van der Waals surface area contributed by atoms with Gasteiger partial charge in [0.2, 0.25) is 10.0 Å². The van der Waals surface area contributed by atoms with Gasteiger partial charge in [-0.3, -0.25) is 0 Å². The summed E-state index contributed by atoms with van der Waals surface area (Å²) in [7, 11) is -2.37. The summed E-state index contributed by atoms with van der Waals surface area (Å²) in [4.78, 5) is 11.3. The van der Waals surface area contributed by atoms with Crippen molar-refractivity contribution in [2.45, 2.75) is 37.0 Å². The van der Waals surface area contributed by atoms with Crippen LogP contribution < -0.4 is 10.0 Å². The second kappa shape index (κ2) is 7.61. The van der Waals surface area contributed by atoms with E-state index in [1.807, 2.05) is 0 Å². The van der Waals surface area contributed by atoms with Gasteiger partial charge in [0.1, 0.15) is 0 Å². The molecule has 3 N–H and O–H groups in total. The lowest BCUT2D eigenvalue weighted by atomic mass is 9.97. The molecule has 0 bridgehead atoms. The van der Waals surface area contributed by atoms with E-state index in [1.54, 1.807) is 0 Å². The summed E-state index contributed by atoms with van der Waals surface area (Å²) < 4.78 is 25.7. The van der Waals surface area contributed by atoms with E-state index in [0.717, 1.165) is 19.3 Å². The van der Waals surface area contributed by atoms with Crippen molar-refractivity contribution in [1.82, 2.24) is 4.72 Å². The molecule has 1 aliphatic rings. The lowest BCUT2D eigenvalue weighted by Gasteiger charge is -2.15. The molecule has 7 heteroatoms. The van der Waals surface area contributed by atoms with Gasteiger partial charge >= 0.3 is 5.97 Å². The highest BCUT2D eigenvalue weighted by atomic mass is 32.2. The second-order valence-electron chi connectivity index (χ2n) is 5.51. The van der Waals surface area contributed by atoms with Crippen LogP contribution in [0.4, 0.5) is 5.69 Å². The topological polar surface area (TPSA) is 95.5 Å². The van der Waals surface area contributed by atoms with Gasteiger partial charge in [-0.15, -0.1) is 0 Å². The van der Waals surface area contributed by atoms with Crippen molar-refractivity contribution < 1.29 is 18.3 Å². The summed E-state index contributed by atoms with van der Waals surface area (Å²) in [6.45, 7) is 0.629. The molecule has 0 aliphatic heterocycles. The van der Waals surface area contributed by atoms with Crippen LogP contribution in [0.3, 0.4) is 0 Å². The highest BCUT2D eigenvalue weighted by molar-refractivity contribution is 7.89. The first kappa shape index (κ1) is 17.5. The molecule has 0 amide bonds. The molecule has 0 saturated carbocycles. The predicted octanol–water partition coefficient (Wildman–Crippen LogP) is 2.60. The molecule has 23 heavy (non-hydrogen) atoms. The van der Waals surface area contributed by atoms with E-state index >= 15 is 0 Å². The number of aromatic carboxylic acids is 1. The zero-order valence-electron chi connectivity index (χ0n) is 13.1. The molecule has 2 rings (SSSR count). The van der Waals surface area contributed by atoms with Crippen LogP contribution in [0.2, 0.25) is 0 Å². The molecule has 0 aromatic heterocycles. The van der Waals surface area contributed by atoms with Crippen molar-refractivity contribution in [3.8, 4) is 0 Å². The minimum atomic E-state index is -3.66. The smallest absolute Gasteiger partial charge is 0.337 e. The van der Waals surface area contributed by atoms with Crippen LogP contribution in [-0.2, 0) is 10.0 Å². The molecule has 0 spiro atoms. The molecule has 6 nitrogen and oxygen atoms in total. The van der Waals surface area contributed by atoms with E-state index < -0.39 is 16.0 Å². The van der Waals surface area contributed by atoms with Crippen molar-refractivity contribution in [3.05, 3.63) is 35.4 Å². The van der Waals surface area contributed by atoms with Crippen molar-refractivity contribution >= 4 is 21.7 Å². The largest absolute Gasteiger partial charge is 0.478 e. The molecule has 0 unspecified atom stereocenters. The summed E-state index contributed by atoms with van der Waals surface area (Å²) in [5, 5.41) is 12.4. The van der Waals surface area contributed by atoms with Crippen LogP contribution in [0.15, 0.2) is 34.7 Å². The molecule has 1 aromatic carbocycles. The Balaban J connectivity index is 2.12. The summed E-state index contributed by atoms with van der Waals surface area (Å²) in [5.74, 6) is -1.16. The van der Waals surface area contributed by atoms with Gasteiger partial charge in [-0.1, -0.05) is 11.6 Å². The van der Waals surface area contributed by atoms with E-state index in [2.05, 4.69) is 16.1 Å². The molecule has 1 aromatic rings. The minimum absolute atomic E-state index is 0.0426. The molecule has 0 saturated heterocycles. The lowest BCUT2D eigenvalue weighted by molar-refractivity contribution is 0.0697. The Morgan fingerprint density at radius 2 is 2.09 bits per heavy atom. The summed E-state index contributed by atoms with van der Waals surface area (Å²) >= 11 is 0. The highest BCUT2D eigenvalue weighted by Gasteiger charge is 2.17. The zero-order valence-corrected chi connectivity index (χ0v) is 13.9. The maximum Gasteiger partial charge on any atom is 0.337 e. The number of rotatable bonds is 7. The van der Waals surface area contributed by atoms with Gasteiger partial charge in [0.05, 0.1) is 10.5 Å². The number of allylic oxidation sites excluding steroid dienone is 1. The average molecular weight is 338 g/mol. The first-order valence-corrected chi connectivity index (χ1v) is 9.15. The highest BCUT2D eigenvalue weighted by Crippen LogP contribution is 2.23. The predicted molar refractivity (Wildman–Crippen MR) is 89.3 cm³/mol. The van der Waals surface area contributed by atoms with Crippen molar-refractivity contribution in [3.63, 3.8) is 0 Å². The number of hydrogen-bond donors (Lipinski definition) is 3. The van der Waals surface area contributed by atoms with E-state index in [9.17, 15) is 18.3 Å². The van der Waals surface area contributed by atoms with E-state index in [-0.39, 0.29) is 10.5 Å². The number of benzene rings is 1. The first-order valence-electron chi connectivity index (χ1n) is 7.66. The fourth-order valence-electron chi connectivity index (χ4n) is 2.63. The number of carbonyl (C=O) groups is 1. The number of nitrogens with one attached hydrogen (secondary N) is 2. The van der Waals surface area contributed by atoms with Crippen LogP contribution >= 0.6 is 0 Å². The quantitative estimate of drug-likeness (QED) is 0.664. The molecular formula is C16H22N2O4S. The molecule has 0 fully saturated rings. The van der Waals surface area contributed by atoms with E-state index in [1.165, 1.54) is 43.7 Å². The number of hydrogen-bond acceptors (Lipinski definition) is 4. The van der Waals surface area contributed by atoms with Crippen molar-refractivity contribution in [2.24, 2.45) is 0 Å². The Hall–Kier alpha value is -1.86. The monoisotopic (exact) mass is 338 g/mol. The van der Waals surface area contributed by atoms with Gasteiger partial charge in [0, 0.05) is 12.2 Å². The van der Waals surface area contributed by atoms with Gasteiger partial charge in [-0.25, -0.2) is 17.9 Å². The van der Waals surface area contributed by atoms with Crippen LogP contribution in [0.5, 0.6) is 0 Å². The number of carboxylic acids is 1. The van der Waals surface area contributed by atoms with Crippen molar-refractivity contribution in [2.75, 3.05) is 18.9 Å². The summed E-state index contributed by atoms with van der Waals surface area (Å²) in [6, 6.07) is 4.08. The maximum atomic E-state index is 11.8. The molecule has 0 radical (unpaired) electrons. The fourth-order valence-corrected chi connectivity index (χ4v) is 3.38. The van der Waals surface area contributed by atoms with Gasteiger partial charge < -0.3 is 10.4 Å². The Morgan fingerprint density at radius 3 is 2.70 bits per heavy atom. The maximum absolute atomic E-state index is 11.8. The molecule has 1 aliphatic carbocycles. The average Bonchev–Trinajstić information content (AvgIpc) is 2.55. The fraction of sp³-hybridized carbons (Fsp3) is 0.438. The lowest BCUT2D eigenvalue weighted by Crippen LogP contribution is -2.19. The standard InChI is InChI=1S/C16H22N2O4S/c1-17-23(21,22)13-7-8-15(14(11-13)16(19)20)18-10-9-12-5-3-2-4-6-12/h5,7-8,11,17-18H,2-4,6,9-10H2,1H3,(H,19,20). The van der Waals surface area contributed by atoms with E-state index in [0.29, 0.717) is 12.2 Å². The summed E-state index contributed by atoms with van der Waals surface area (Å²) in [5.41, 5.74) is 1.79. The number of carboxylic acid groups (broad SMARTS) is 1. The third-order valence-corrected chi connectivity index (χ3v) is 5.36.